The highest BCUT2D eigenvalue weighted by Crippen LogP contribution is 2.40. The Balaban J connectivity index is 2.27. The van der Waals surface area contributed by atoms with Crippen LogP contribution in [0.4, 0.5) is 0 Å². The smallest absolute Gasteiger partial charge is 0.132 e. The maximum absolute atomic E-state index is 9.76. The molecule has 0 unspecified atom stereocenters. The van der Waals surface area contributed by atoms with E-state index in [1.807, 2.05) is 6.07 Å². The maximum atomic E-state index is 9.76. The van der Waals surface area contributed by atoms with Crippen molar-refractivity contribution in [1.82, 2.24) is 9.97 Å². The minimum atomic E-state index is 0.0250. The first-order chi connectivity index (χ1) is 8.25. The molecule has 0 atom stereocenters. The van der Waals surface area contributed by atoms with Gasteiger partial charge in [-0.25, -0.2) is 4.98 Å². The first-order valence-corrected chi connectivity index (χ1v) is 5.79. The Hall–Kier alpha value is -2.14. The predicted octanol–water partition coefficient (Wildman–Crippen LogP) is 2.77. The minimum Gasteiger partial charge on any atom is -0.507 e. The third-order valence-electron chi connectivity index (χ3n) is 2.42. The van der Waals surface area contributed by atoms with Crippen molar-refractivity contribution < 1.29 is 10.2 Å². The third kappa shape index (κ3) is 1.60. The summed E-state index contributed by atoms with van der Waals surface area (Å²) in [5.41, 5.74) is 1.13. The van der Waals surface area contributed by atoms with E-state index in [4.69, 9.17) is 0 Å². The molecule has 4 nitrogen and oxygen atoms in total. The molecule has 0 saturated heterocycles. The van der Waals surface area contributed by atoms with E-state index in [0.29, 0.717) is 10.6 Å². The van der Waals surface area contributed by atoms with Crippen molar-refractivity contribution in [3.63, 3.8) is 0 Å². The lowest BCUT2D eigenvalue weighted by atomic mass is 10.2. The topological polar surface area (TPSA) is 66.2 Å². The lowest BCUT2D eigenvalue weighted by Crippen LogP contribution is -1.79. The second-order valence-electron chi connectivity index (χ2n) is 3.53. The molecule has 3 aromatic rings. The standard InChI is InChI=1S/C12H8N2O2S/c15-8-2-1-3-9(16)11(8)12-14-7-6-13-5-4-10(7)17-12/h1-6,15-16H. The van der Waals surface area contributed by atoms with Crippen molar-refractivity contribution in [1.29, 1.82) is 0 Å². The Morgan fingerprint density at radius 3 is 2.53 bits per heavy atom. The highest BCUT2D eigenvalue weighted by molar-refractivity contribution is 7.21. The van der Waals surface area contributed by atoms with Gasteiger partial charge < -0.3 is 10.2 Å². The summed E-state index contributed by atoms with van der Waals surface area (Å²) < 4.78 is 0.970. The van der Waals surface area contributed by atoms with Gasteiger partial charge in [-0.15, -0.1) is 11.3 Å². The van der Waals surface area contributed by atoms with Crippen LogP contribution in [0, 0.1) is 0 Å². The average molecular weight is 244 g/mol. The molecule has 0 aliphatic heterocycles. The number of fused-ring (bicyclic) bond motifs is 1. The number of hydrogen-bond acceptors (Lipinski definition) is 5. The largest absolute Gasteiger partial charge is 0.507 e. The number of phenolic OH excluding ortho intramolecular Hbond substituents is 2. The van der Waals surface area contributed by atoms with Gasteiger partial charge in [0.15, 0.2) is 0 Å². The number of thiazole rings is 1. The molecule has 2 heterocycles. The van der Waals surface area contributed by atoms with Crippen LogP contribution in [0.3, 0.4) is 0 Å². The molecule has 2 N–H and O–H groups in total. The first-order valence-electron chi connectivity index (χ1n) is 4.97. The van der Waals surface area contributed by atoms with Gasteiger partial charge in [0.25, 0.3) is 0 Å². The van der Waals surface area contributed by atoms with E-state index in [1.54, 1.807) is 18.5 Å². The molecule has 0 bridgehead atoms. The van der Waals surface area contributed by atoms with Gasteiger partial charge in [-0.3, -0.25) is 4.98 Å². The van der Waals surface area contributed by atoms with Gasteiger partial charge in [-0.1, -0.05) is 6.07 Å². The fourth-order valence-electron chi connectivity index (χ4n) is 1.63. The highest BCUT2D eigenvalue weighted by atomic mass is 32.1. The first kappa shape index (κ1) is 10.0. The van der Waals surface area contributed by atoms with Crippen LogP contribution < -0.4 is 0 Å². The van der Waals surface area contributed by atoms with Crippen molar-refractivity contribution in [2.45, 2.75) is 0 Å². The Morgan fingerprint density at radius 1 is 1.06 bits per heavy atom. The molecule has 0 amide bonds. The zero-order chi connectivity index (χ0) is 11.8. The highest BCUT2D eigenvalue weighted by Gasteiger charge is 2.14. The normalized spacial score (nSPS) is 10.8. The van der Waals surface area contributed by atoms with Crippen LogP contribution in [-0.2, 0) is 0 Å². The number of pyridine rings is 1. The van der Waals surface area contributed by atoms with Crippen LogP contribution in [-0.4, -0.2) is 20.2 Å². The van der Waals surface area contributed by atoms with Gasteiger partial charge in [-0.2, -0.15) is 0 Å². The van der Waals surface area contributed by atoms with Crippen LogP contribution in [0.1, 0.15) is 0 Å². The molecular formula is C12H8N2O2S. The number of rotatable bonds is 1. The summed E-state index contributed by atoms with van der Waals surface area (Å²) in [5.74, 6) is 0.0500. The van der Waals surface area contributed by atoms with Crippen LogP contribution >= 0.6 is 11.3 Å². The Morgan fingerprint density at radius 2 is 1.82 bits per heavy atom. The summed E-state index contributed by atoms with van der Waals surface area (Å²) in [4.78, 5) is 8.32. The molecule has 84 valence electrons. The summed E-state index contributed by atoms with van der Waals surface area (Å²) in [7, 11) is 0. The Kier molecular flexibility index (Phi) is 2.19. The summed E-state index contributed by atoms with van der Waals surface area (Å²) in [6, 6.07) is 6.50. The third-order valence-corrected chi connectivity index (χ3v) is 3.48. The lowest BCUT2D eigenvalue weighted by Gasteiger charge is -2.02. The van der Waals surface area contributed by atoms with Crippen molar-refractivity contribution in [2.24, 2.45) is 0 Å². The van der Waals surface area contributed by atoms with Gasteiger partial charge in [0, 0.05) is 6.20 Å². The molecule has 0 aliphatic rings. The van der Waals surface area contributed by atoms with Crippen LogP contribution in [0.2, 0.25) is 0 Å². The average Bonchev–Trinajstić information content (AvgIpc) is 2.71. The zero-order valence-electron chi connectivity index (χ0n) is 8.66. The van der Waals surface area contributed by atoms with Crippen molar-refractivity contribution in [3.8, 4) is 22.1 Å². The molecule has 0 saturated carbocycles. The quantitative estimate of drug-likeness (QED) is 0.690. The molecule has 5 heteroatoms. The molecule has 0 spiro atoms. The van der Waals surface area contributed by atoms with Gasteiger partial charge in [-0.05, 0) is 18.2 Å². The molecule has 0 aliphatic carbocycles. The van der Waals surface area contributed by atoms with Gasteiger partial charge in [0.05, 0.1) is 16.5 Å². The van der Waals surface area contributed by atoms with Gasteiger partial charge in [0.2, 0.25) is 0 Å². The molecule has 1 aromatic carbocycles. The van der Waals surface area contributed by atoms with Gasteiger partial charge >= 0.3 is 0 Å². The van der Waals surface area contributed by atoms with Crippen LogP contribution in [0.25, 0.3) is 20.8 Å². The fraction of sp³-hybridized carbons (Fsp3) is 0. The number of aromatic nitrogens is 2. The molecule has 0 fully saturated rings. The number of nitrogens with zero attached hydrogens (tertiary/aromatic N) is 2. The fourth-order valence-corrected chi connectivity index (χ4v) is 2.63. The van der Waals surface area contributed by atoms with E-state index >= 15 is 0 Å². The number of hydrogen-bond donors (Lipinski definition) is 2. The van der Waals surface area contributed by atoms with E-state index in [0.717, 1.165) is 10.2 Å². The number of aromatic hydroxyl groups is 2. The molecule has 3 rings (SSSR count). The Bertz CT molecular complexity index is 641. The maximum Gasteiger partial charge on any atom is 0.132 e. The van der Waals surface area contributed by atoms with Crippen LogP contribution in [0.15, 0.2) is 36.7 Å². The summed E-state index contributed by atoms with van der Waals surface area (Å²) >= 11 is 1.41. The summed E-state index contributed by atoms with van der Waals surface area (Å²) in [6.45, 7) is 0. The molecular weight excluding hydrogens is 236 g/mol. The Labute approximate surface area is 101 Å². The van der Waals surface area contributed by atoms with E-state index in [2.05, 4.69) is 9.97 Å². The van der Waals surface area contributed by atoms with Gasteiger partial charge in [0.1, 0.15) is 22.0 Å². The monoisotopic (exact) mass is 244 g/mol. The van der Waals surface area contributed by atoms with E-state index in [-0.39, 0.29) is 11.5 Å². The van der Waals surface area contributed by atoms with E-state index < -0.39 is 0 Å². The zero-order valence-corrected chi connectivity index (χ0v) is 9.48. The lowest BCUT2D eigenvalue weighted by molar-refractivity contribution is 0.454. The second-order valence-corrected chi connectivity index (χ2v) is 4.56. The van der Waals surface area contributed by atoms with Crippen LogP contribution in [0.5, 0.6) is 11.5 Å². The molecule has 2 aromatic heterocycles. The second kappa shape index (κ2) is 3.71. The van der Waals surface area contributed by atoms with Crippen molar-refractivity contribution in [3.05, 3.63) is 36.7 Å². The summed E-state index contributed by atoms with van der Waals surface area (Å²) in [6.07, 6.45) is 3.35. The molecule has 17 heavy (non-hydrogen) atoms. The van der Waals surface area contributed by atoms with Crippen molar-refractivity contribution in [2.75, 3.05) is 0 Å². The minimum absolute atomic E-state index is 0.0250. The number of phenols is 2. The number of benzene rings is 1. The van der Waals surface area contributed by atoms with E-state index in [9.17, 15) is 10.2 Å². The SMILES string of the molecule is Oc1cccc(O)c1-c1nc2cnccc2s1. The predicted molar refractivity (Wildman–Crippen MR) is 66.2 cm³/mol. The van der Waals surface area contributed by atoms with E-state index in [1.165, 1.54) is 23.5 Å². The molecule has 0 radical (unpaired) electrons. The summed E-state index contributed by atoms with van der Waals surface area (Å²) in [5, 5.41) is 20.1. The van der Waals surface area contributed by atoms with Crippen molar-refractivity contribution >= 4 is 21.6 Å².